The van der Waals surface area contributed by atoms with Gasteiger partial charge in [0.05, 0.1) is 11.2 Å². The summed E-state index contributed by atoms with van der Waals surface area (Å²) in [5, 5.41) is 11.2. The first-order valence-electron chi connectivity index (χ1n) is 22.7. The predicted octanol–water partition coefficient (Wildman–Crippen LogP) is 16.7. The molecule has 12 rings (SSSR count). The van der Waals surface area contributed by atoms with Gasteiger partial charge in [-0.05, 0) is 167 Å². The maximum Gasteiger partial charge on any atom is 0.0537 e. The zero-order chi connectivity index (χ0) is 43.3. The molecule has 0 saturated heterocycles. The molecule has 0 amide bonds. The molecule has 0 spiro atoms. The molecule has 0 bridgehead atoms. The molecule has 2 nitrogen and oxygen atoms in total. The summed E-state index contributed by atoms with van der Waals surface area (Å²) in [5.41, 5.74) is 21.9. The lowest BCUT2D eigenvalue weighted by atomic mass is 9.84. The topological polar surface area (TPSA) is 30.9 Å². The molecule has 1 aliphatic carbocycles. The summed E-state index contributed by atoms with van der Waals surface area (Å²) in [5.74, 6) is 0. The van der Waals surface area contributed by atoms with Crippen molar-refractivity contribution in [3.05, 3.63) is 241 Å². The molecule has 0 fully saturated rings. The van der Waals surface area contributed by atoms with E-state index in [1.54, 1.807) is 6.20 Å². The molecule has 1 heterocycles. The van der Waals surface area contributed by atoms with E-state index in [-0.39, 0.29) is 0 Å². The van der Waals surface area contributed by atoms with E-state index in [9.17, 15) is 0 Å². The number of aromatic nitrogens is 1. The smallest absolute Gasteiger partial charge is 0.0537 e. The largest absolute Gasteiger partial charge is 0.405 e. The Labute approximate surface area is 379 Å². The fraction of sp³-hybridized carbons (Fsp3) is 0.0476. The van der Waals surface area contributed by atoms with E-state index in [4.69, 9.17) is 5.73 Å². The molecule has 308 valence electrons. The van der Waals surface area contributed by atoms with Crippen molar-refractivity contribution in [2.75, 3.05) is 0 Å². The van der Waals surface area contributed by atoms with E-state index >= 15 is 0 Å². The van der Waals surface area contributed by atoms with Crippen LogP contribution < -0.4 is 5.73 Å². The highest BCUT2D eigenvalue weighted by Crippen LogP contribution is 2.46. The first-order chi connectivity index (χ1) is 32.2. The van der Waals surface area contributed by atoms with Crippen LogP contribution in [0.2, 0.25) is 0 Å². The van der Waals surface area contributed by atoms with Crippen LogP contribution in [0.5, 0.6) is 0 Å². The Hall–Kier alpha value is -8.20. The highest BCUT2D eigenvalue weighted by molar-refractivity contribution is 6.22. The van der Waals surface area contributed by atoms with Gasteiger partial charge in [-0.2, -0.15) is 0 Å². The van der Waals surface area contributed by atoms with E-state index in [0.717, 1.165) is 36.2 Å². The van der Waals surface area contributed by atoms with Crippen molar-refractivity contribution in [1.82, 2.24) is 4.57 Å². The fourth-order valence-electron chi connectivity index (χ4n) is 10.4. The number of allylic oxidation sites excluding steroid dienone is 4. The van der Waals surface area contributed by atoms with Crippen molar-refractivity contribution in [1.29, 1.82) is 0 Å². The molecular formula is C63H46N2. The van der Waals surface area contributed by atoms with Gasteiger partial charge in [0.2, 0.25) is 0 Å². The molecule has 0 atom stereocenters. The van der Waals surface area contributed by atoms with Crippen molar-refractivity contribution in [2.24, 2.45) is 5.73 Å². The maximum atomic E-state index is 6.16. The van der Waals surface area contributed by atoms with Crippen LogP contribution in [0.3, 0.4) is 0 Å². The molecule has 1 aliphatic rings. The predicted molar refractivity (Wildman–Crippen MR) is 278 cm³/mol. The highest BCUT2D eigenvalue weighted by Gasteiger charge is 2.20. The van der Waals surface area contributed by atoms with Crippen molar-refractivity contribution in [3.8, 4) is 50.2 Å². The number of hydrogen-bond acceptors (Lipinski definition) is 1. The maximum absolute atomic E-state index is 6.16. The zero-order valence-corrected chi connectivity index (χ0v) is 36.1. The van der Waals surface area contributed by atoms with Gasteiger partial charge in [0.15, 0.2) is 0 Å². The molecule has 1 aromatic heterocycles. The lowest BCUT2D eigenvalue weighted by Crippen LogP contribution is -2.00. The molecule has 65 heavy (non-hydrogen) atoms. The summed E-state index contributed by atoms with van der Waals surface area (Å²) in [6, 6.07) is 73.9. The second-order valence-electron chi connectivity index (χ2n) is 17.3. The molecule has 10 aromatic carbocycles. The number of fused-ring (bicyclic) bond motifs is 5. The number of hydrogen-bond donors (Lipinski definition) is 1. The van der Waals surface area contributed by atoms with Crippen molar-refractivity contribution >= 4 is 60.1 Å². The van der Waals surface area contributed by atoms with Crippen LogP contribution in [-0.2, 0) is 6.42 Å². The van der Waals surface area contributed by atoms with Crippen LogP contribution in [0, 0.1) is 0 Å². The Morgan fingerprint density at radius 2 is 0.985 bits per heavy atom. The Kier molecular flexibility index (Phi) is 9.57. The summed E-state index contributed by atoms with van der Waals surface area (Å²) in [7, 11) is 0. The lowest BCUT2D eigenvalue weighted by Gasteiger charge is -2.19. The summed E-state index contributed by atoms with van der Waals surface area (Å²) in [4.78, 5) is 0. The van der Waals surface area contributed by atoms with Crippen LogP contribution in [0.25, 0.3) is 110 Å². The minimum Gasteiger partial charge on any atom is -0.405 e. The van der Waals surface area contributed by atoms with Crippen molar-refractivity contribution < 1.29 is 0 Å². The summed E-state index contributed by atoms with van der Waals surface area (Å²) < 4.78 is 2.37. The molecule has 0 unspecified atom stereocenters. The molecule has 2 heteroatoms. The first kappa shape index (κ1) is 38.5. The second-order valence-corrected chi connectivity index (χ2v) is 17.3. The van der Waals surface area contributed by atoms with E-state index < -0.39 is 0 Å². The Balaban J connectivity index is 0.981. The minimum absolute atomic E-state index is 0.865. The van der Waals surface area contributed by atoms with Crippen molar-refractivity contribution in [2.45, 2.75) is 19.3 Å². The fourth-order valence-corrected chi connectivity index (χ4v) is 10.4. The van der Waals surface area contributed by atoms with Gasteiger partial charge in [0.25, 0.3) is 0 Å². The Morgan fingerprint density at radius 1 is 0.431 bits per heavy atom. The van der Waals surface area contributed by atoms with E-state index in [2.05, 4.69) is 229 Å². The molecule has 0 radical (unpaired) electrons. The average molecular weight is 831 g/mol. The minimum atomic E-state index is 0.865. The number of benzene rings is 10. The van der Waals surface area contributed by atoms with E-state index in [1.807, 2.05) is 0 Å². The van der Waals surface area contributed by atoms with Gasteiger partial charge in [0.1, 0.15) is 0 Å². The van der Waals surface area contributed by atoms with Crippen LogP contribution in [0.1, 0.15) is 24.1 Å². The Bertz CT molecular complexity index is 3740. The van der Waals surface area contributed by atoms with Crippen molar-refractivity contribution in [3.63, 3.8) is 0 Å². The van der Waals surface area contributed by atoms with Crippen LogP contribution in [0.4, 0.5) is 0 Å². The summed E-state index contributed by atoms with van der Waals surface area (Å²) >= 11 is 0. The van der Waals surface area contributed by atoms with E-state index in [1.165, 1.54) is 104 Å². The third-order valence-corrected chi connectivity index (χ3v) is 13.5. The molecular weight excluding hydrogens is 785 g/mol. The van der Waals surface area contributed by atoms with Gasteiger partial charge < -0.3 is 10.3 Å². The molecule has 2 N–H and O–H groups in total. The van der Waals surface area contributed by atoms with E-state index in [0.29, 0.717) is 0 Å². The Morgan fingerprint density at radius 3 is 1.63 bits per heavy atom. The number of nitrogens with zero attached hydrogens (tertiary/aromatic N) is 1. The summed E-state index contributed by atoms with van der Waals surface area (Å²) in [6.45, 7) is 0. The zero-order valence-electron chi connectivity index (χ0n) is 36.1. The molecule has 11 aromatic rings. The monoisotopic (exact) mass is 830 g/mol. The summed E-state index contributed by atoms with van der Waals surface area (Å²) in [6.07, 6.45) is 13.7. The highest BCUT2D eigenvalue weighted by atomic mass is 15.0. The molecule has 0 saturated carbocycles. The van der Waals surface area contributed by atoms with Gasteiger partial charge >= 0.3 is 0 Å². The third-order valence-electron chi connectivity index (χ3n) is 13.5. The number of para-hydroxylation sites is 1. The van der Waals surface area contributed by atoms with Gasteiger partial charge in [-0.1, -0.05) is 182 Å². The standard InChI is InChI=1S/C63H46N2/c64-36-35-61-58(37-42-13-2-1-3-14-42)54-21-10-11-24-60(54)65(61)53-20-12-19-49(40-53)45-25-27-46(28-26-45)50-33-34-57-59(41-50)63(52-32-30-44-16-5-7-18-48(44)39-52)56-23-9-8-22-55(56)62(57)51-31-29-43-15-4-6-17-47(43)38-51/h2,4-36,38-41H,1,3,37,64H2/b36-35-. The van der Waals surface area contributed by atoms with Crippen LogP contribution in [0.15, 0.2) is 230 Å². The van der Waals surface area contributed by atoms with Crippen LogP contribution in [-0.4, -0.2) is 4.57 Å². The van der Waals surface area contributed by atoms with Gasteiger partial charge in [-0.3, -0.25) is 0 Å². The quantitative estimate of drug-likeness (QED) is 0.152. The second kappa shape index (κ2) is 16.2. The third kappa shape index (κ3) is 6.83. The lowest BCUT2D eigenvalue weighted by molar-refractivity contribution is 0.991. The van der Waals surface area contributed by atoms with Crippen LogP contribution >= 0.6 is 0 Å². The first-order valence-corrected chi connectivity index (χ1v) is 22.7. The molecule has 0 aliphatic heterocycles. The van der Waals surface area contributed by atoms with Gasteiger partial charge in [0, 0.05) is 11.1 Å². The number of rotatable bonds is 8. The number of nitrogens with two attached hydrogens (primary N) is 1. The normalized spacial score (nSPS) is 12.9. The average Bonchev–Trinajstić information content (AvgIpc) is 3.67. The van der Waals surface area contributed by atoms with Gasteiger partial charge in [-0.15, -0.1) is 0 Å². The van der Waals surface area contributed by atoms with Gasteiger partial charge in [-0.25, -0.2) is 0 Å². The SMILES string of the molecule is N/C=C\c1c(CC2=CCCC=C2)c2ccccc2n1-c1cccc(-c2ccc(-c3ccc4c(-c5ccc6ccccc6c5)c5ccccc5c(-c5ccc6ccccc6c5)c4c3)cc2)c1.